The van der Waals surface area contributed by atoms with Crippen LogP contribution in [-0.2, 0) is 6.42 Å². The average Bonchev–Trinajstić information content (AvgIpc) is 2.37. The van der Waals surface area contributed by atoms with Crippen LogP contribution in [0.25, 0.3) is 11.4 Å². The van der Waals surface area contributed by atoms with E-state index in [9.17, 15) is 0 Å². The van der Waals surface area contributed by atoms with E-state index in [-0.39, 0.29) is 0 Å². The summed E-state index contributed by atoms with van der Waals surface area (Å²) < 4.78 is 0. The van der Waals surface area contributed by atoms with Crippen LogP contribution in [-0.4, -0.2) is 9.97 Å². The molecule has 0 fully saturated rings. The van der Waals surface area contributed by atoms with Gasteiger partial charge in [0.1, 0.15) is 5.82 Å². The van der Waals surface area contributed by atoms with E-state index in [1.165, 1.54) is 11.1 Å². The topological polar surface area (TPSA) is 63.8 Å². The Hall–Kier alpha value is -1.94. The van der Waals surface area contributed by atoms with Crippen LogP contribution in [0, 0.1) is 20.8 Å². The zero-order valence-electron chi connectivity index (χ0n) is 11.9. The third-order valence-corrected chi connectivity index (χ3v) is 3.33. The SMILES string of the molecule is CCc1c(C)nc(-c2ccc(C)cc2C)nc1NN. The molecule has 2 rings (SSSR count). The number of nitrogens with zero attached hydrogens (tertiary/aromatic N) is 2. The number of nitrogens with two attached hydrogens (primary N) is 1. The number of hydrazine groups is 1. The molecule has 0 aliphatic heterocycles. The molecule has 0 aliphatic rings. The molecule has 0 atom stereocenters. The van der Waals surface area contributed by atoms with Crippen molar-refractivity contribution in [1.82, 2.24) is 9.97 Å². The molecule has 0 aliphatic carbocycles. The first kappa shape index (κ1) is 13.5. The lowest BCUT2D eigenvalue weighted by Crippen LogP contribution is -2.13. The summed E-state index contributed by atoms with van der Waals surface area (Å²) in [6.07, 6.45) is 0.860. The van der Waals surface area contributed by atoms with Gasteiger partial charge in [0.25, 0.3) is 0 Å². The molecule has 4 nitrogen and oxygen atoms in total. The minimum Gasteiger partial charge on any atom is -0.308 e. The first-order valence-corrected chi connectivity index (χ1v) is 6.48. The standard InChI is InChI=1S/C15H20N4/c1-5-12-11(4)17-14(18-15(12)19-16)13-7-6-9(2)8-10(13)3/h6-8H,5,16H2,1-4H3,(H,17,18,19). The number of hydrogen-bond donors (Lipinski definition) is 2. The highest BCUT2D eigenvalue weighted by molar-refractivity contribution is 5.63. The van der Waals surface area contributed by atoms with Gasteiger partial charge < -0.3 is 5.43 Å². The highest BCUT2D eigenvalue weighted by atomic mass is 15.3. The number of hydrogen-bond acceptors (Lipinski definition) is 4. The maximum atomic E-state index is 5.56. The fourth-order valence-corrected chi connectivity index (χ4v) is 2.32. The summed E-state index contributed by atoms with van der Waals surface area (Å²) in [6.45, 7) is 8.22. The number of aromatic nitrogens is 2. The molecule has 1 heterocycles. The molecule has 0 amide bonds. The van der Waals surface area contributed by atoms with E-state index in [4.69, 9.17) is 5.84 Å². The Morgan fingerprint density at radius 2 is 1.89 bits per heavy atom. The van der Waals surface area contributed by atoms with E-state index in [0.29, 0.717) is 5.82 Å². The third-order valence-electron chi connectivity index (χ3n) is 3.33. The van der Waals surface area contributed by atoms with Crippen molar-refractivity contribution in [3.8, 4) is 11.4 Å². The van der Waals surface area contributed by atoms with Gasteiger partial charge in [-0.05, 0) is 32.8 Å². The van der Waals surface area contributed by atoms with E-state index in [2.05, 4.69) is 54.4 Å². The van der Waals surface area contributed by atoms with Gasteiger partial charge in [0.05, 0.1) is 0 Å². The van der Waals surface area contributed by atoms with Crippen LogP contribution < -0.4 is 11.3 Å². The predicted octanol–water partition coefficient (Wildman–Crippen LogP) is 2.92. The van der Waals surface area contributed by atoms with E-state index < -0.39 is 0 Å². The zero-order valence-corrected chi connectivity index (χ0v) is 11.9. The molecule has 0 bridgehead atoms. The van der Waals surface area contributed by atoms with Crippen molar-refractivity contribution in [2.24, 2.45) is 5.84 Å². The van der Waals surface area contributed by atoms with Gasteiger partial charge >= 0.3 is 0 Å². The van der Waals surface area contributed by atoms with Crippen LogP contribution in [0.3, 0.4) is 0 Å². The minimum absolute atomic E-state index is 0.713. The zero-order chi connectivity index (χ0) is 14.0. The quantitative estimate of drug-likeness (QED) is 0.654. The van der Waals surface area contributed by atoms with Crippen molar-refractivity contribution < 1.29 is 0 Å². The van der Waals surface area contributed by atoms with Gasteiger partial charge in [0, 0.05) is 16.8 Å². The Kier molecular flexibility index (Phi) is 3.81. The van der Waals surface area contributed by atoms with Crippen LogP contribution in [0.4, 0.5) is 5.82 Å². The van der Waals surface area contributed by atoms with Gasteiger partial charge in [-0.2, -0.15) is 0 Å². The van der Waals surface area contributed by atoms with Crippen molar-refractivity contribution >= 4 is 5.82 Å². The highest BCUT2D eigenvalue weighted by Gasteiger charge is 2.12. The monoisotopic (exact) mass is 256 g/mol. The largest absolute Gasteiger partial charge is 0.308 e. The lowest BCUT2D eigenvalue weighted by molar-refractivity contribution is 0.993. The van der Waals surface area contributed by atoms with Crippen LogP contribution >= 0.6 is 0 Å². The van der Waals surface area contributed by atoms with Crippen molar-refractivity contribution in [2.75, 3.05) is 5.43 Å². The molecule has 100 valence electrons. The predicted molar refractivity (Wildman–Crippen MR) is 78.9 cm³/mol. The average molecular weight is 256 g/mol. The fourth-order valence-electron chi connectivity index (χ4n) is 2.32. The van der Waals surface area contributed by atoms with Crippen LogP contribution in [0.5, 0.6) is 0 Å². The molecular formula is C15H20N4. The van der Waals surface area contributed by atoms with E-state index >= 15 is 0 Å². The Bertz CT molecular complexity index is 605. The summed E-state index contributed by atoms with van der Waals surface area (Å²) in [5.41, 5.74) is 8.17. The number of benzene rings is 1. The van der Waals surface area contributed by atoms with E-state index in [1.54, 1.807) is 0 Å². The van der Waals surface area contributed by atoms with Crippen LogP contribution in [0.1, 0.15) is 29.3 Å². The van der Waals surface area contributed by atoms with Crippen molar-refractivity contribution in [1.29, 1.82) is 0 Å². The van der Waals surface area contributed by atoms with Crippen molar-refractivity contribution in [3.63, 3.8) is 0 Å². The molecule has 19 heavy (non-hydrogen) atoms. The molecule has 0 saturated heterocycles. The molecule has 0 saturated carbocycles. The van der Waals surface area contributed by atoms with Gasteiger partial charge in [-0.3, -0.25) is 0 Å². The second kappa shape index (κ2) is 5.36. The van der Waals surface area contributed by atoms with Gasteiger partial charge in [0.2, 0.25) is 0 Å². The highest BCUT2D eigenvalue weighted by Crippen LogP contribution is 2.25. The minimum atomic E-state index is 0.713. The van der Waals surface area contributed by atoms with Crippen molar-refractivity contribution in [2.45, 2.75) is 34.1 Å². The van der Waals surface area contributed by atoms with E-state index in [0.717, 1.165) is 29.1 Å². The number of nitrogen functional groups attached to an aromatic ring is 1. The molecule has 2 aromatic rings. The maximum Gasteiger partial charge on any atom is 0.162 e. The number of rotatable bonds is 3. The number of nitrogens with one attached hydrogen (secondary N) is 1. The van der Waals surface area contributed by atoms with Crippen LogP contribution in [0.15, 0.2) is 18.2 Å². The molecule has 1 aromatic carbocycles. The maximum absolute atomic E-state index is 5.56. The Morgan fingerprint density at radius 1 is 1.16 bits per heavy atom. The summed E-state index contributed by atoms with van der Waals surface area (Å²) in [5, 5.41) is 0. The van der Waals surface area contributed by atoms with Crippen LogP contribution in [0.2, 0.25) is 0 Å². The Labute approximate surface area is 114 Å². The first-order chi connectivity index (χ1) is 9.06. The van der Waals surface area contributed by atoms with E-state index in [1.807, 2.05) is 6.92 Å². The smallest absolute Gasteiger partial charge is 0.162 e. The van der Waals surface area contributed by atoms with Gasteiger partial charge in [-0.1, -0.05) is 30.7 Å². The summed E-state index contributed by atoms with van der Waals surface area (Å²) >= 11 is 0. The molecule has 4 heteroatoms. The second-order valence-corrected chi connectivity index (χ2v) is 4.78. The summed E-state index contributed by atoms with van der Waals surface area (Å²) in [7, 11) is 0. The van der Waals surface area contributed by atoms with Gasteiger partial charge in [-0.25, -0.2) is 15.8 Å². The Balaban J connectivity index is 2.60. The lowest BCUT2D eigenvalue weighted by atomic mass is 10.0. The molecular weight excluding hydrogens is 236 g/mol. The number of aryl methyl sites for hydroxylation is 3. The normalized spacial score (nSPS) is 10.6. The number of anilines is 1. The molecule has 1 aromatic heterocycles. The molecule has 0 spiro atoms. The van der Waals surface area contributed by atoms with Gasteiger partial charge in [-0.15, -0.1) is 0 Å². The Morgan fingerprint density at radius 3 is 2.47 bits per heavy atom. The molecule has 0 unspecified atom stereocenters. The molecule has 0 radical (unpaired) electrons. The summed E-state index contributed by atoms with van der Waals surface area (Å²) in [6, 6.07) is 6.27. The fraction of sp³-hybridized carbons (Fsp3) is 0.333. The summed E-state index contributed by atoms with van der Waals surface area (Å²) in [4.78, 5) is 9.14. The summed E-state index contributed by atoms with van der Waals surface area (Å²) in [5.74, 6) is 7.00. The lowest BCUT2D eigenvalue weighted by Gasteiger charge is -2.12. The van der Waals surface area contributed by atoms with Crippen molar-refractivity contribution in [3.05, 3.63) is 40.6 Å². The molecule has 3 N–H and O–H groups in total. The first-order valence-electron chi connectivity index (χ1n) is 6.48. The van der Waals surface area contributed by atoms with Gasteiger partial charge in [0.15, 0.2) is 5.82 Å². The second-order valence-electron chi connectivity index (χ2n) is 4.78. The third kappa shape index (κ3) is 2.58.